The molecular weight excluding hydrogens is 248 g/mol. The zero-order valence-electron chi connectivity index (χ0n) is 9.60. The highest BCUT2D eigenvalue weighted by molar-refractivity contribution is 7.90. The minimum atomic E-state index is -2.90. The fraction of sp³-hybridized carbons (Fsp3) is 0.750. The molecule has 0 aliphatic carbocycles. The summed E-state index contributed by atoms with van der Waals surface area (Å²) in [5, 5.41) is 12.4. The number of hydrogen-bond donors (Lipinski definition) is 1. The van der Waals surface area contributed by atoms with Crippen LogP contribution in [0.5, 0.6) is 0 Å². The Morgan fingerprint density at radius 1 is 1.44 bits per heavy atom. The molecule has 1 aromatic heterocycles. The van der Waals surface area contributed by atoms with Gasteiger partial charge in [0.1, 0.15) is 14.8 Å². The van der Waals surface area contributed by atoms with Gasteiger partial charge < -0.3 is 5.32 Å². The predicted octanol–water partition coefficient (Wildman–Crippen LogP) is 0.0562. The van der Waals surface area contributed by atoms with Gasteiger partial charge in [-0.15, -0.1) is 10.2 Å². The average Bonchev–Trinajstić information content (AvgIpc) is 2.61. The molecule has 1 heterocycles. The highest BCUT2D eigenvalue weighted by Gasteiger charge is 2.09. The smallest absolute Gasteiger partial charge is 0.205 e. The fourth-order valence-corrected chi connectivity index (χ4v) is 2.47. The molecule has 16 heavy (non-hydrogen) atoms. The molecule has 92 valence electrons. The van der Waals surface area contributed by atoms with Crippen LogP contribution in [0.1, 0.15) is 5.01 Å². The Bertz CT molecular complexity index is 429. The van der Waals surface area contributed by atoms with Gasteiger partial charge in [-0.3, -0.25) is 4.90 Å². The molecule has 0 spiro atoms. The first-order chi connectivity index (χ1) is 7.40. The summed E-state index contributed by atoms with van der Waals surface area (Å²) in [5.74, 6) is 0.168. The number of nitrogens with zero attached hydrogens (tertiary/aromatic N) is 3. The molecule has 0 aliphatic rings. The van der Waals surface area contributed by atoms with Gasteiger partial charge in [0.15, 0.2) is 0 Å². The van der Waals surface area contributed by atoms with Gasteiger partial charge in [-0.05, 0) is 7.05 Å². The van der Waals surface area contributed by atoms with E-state index in [1.165, 1.54) is 17.6 Å². The monoisotopic (exact) mass is 264 g/mol. The van der Waals surface area contributed by atoms with Crippen LogP contribution in [0.15, 0.2) is 0 Å². The van der Waals surface area contributed by atoms with Gasteiger partial charge in [-0.25, -0.2) is 8.42 Å². The van der Waals surface area contributed by atoms with Crippen LogP contribution in [-0.2, 0) is 16.4 Å². The van der Waals surface area contributed by atoms with Crippen molar-refractivity contribution in [2.24, 2.45) is 0 Å². The number of hydrogen-bond acceptors (Lipinski definition) is 7. The van der Waals surface area contributed by atoms with Crippen molar-refractivity contribution in [3.05, 3.63) is 5.01 Å². The minimum Gasteiger partial charge on any atom is -0.363 e. The van der Waals surface area contributed by atoms with Crippen LogP contribution in [0.3, 0.4) is 0 Å². The van der Waals surface area contributed by atoms with Crippen molar-refractivity contribution in [3.63, 3.8) is 0 Å². The van der Waals surface area contributed by atoms with E-state index in [1.54, 1.807) is 7.05 Å². The molecule has 0 saturated heterocycles. The molecule has 0 atom stereocenters. The van der Waals surface area contributed by atoms with Gasteiger partial charge >= 0.3 is 0 Å². The summed E-state index contributed by atoms with van der Waals surface area (Å²) in [6, 6.07) is 0. The molecule has 0 saturated carbocycles. The van der Waals surface area contributed by atoms with Gasteiger partial charge in [0, 0.05) is 19.8 Å². The van der Waals surface area contributed by atoms with Crippen molar-refractivity contribution >= 4 is 26.3 Å². The SMILES string of the molecule is CNc1nnc(CN(C)CCS(C)(=O)=O)s1. The molecule has 1 N–H and O–H groups in total. The summed E-state index contributed by atoms with van der Waals surface area (Å²) < 4.78 is 22.0. The van der Waals surface area contributed by atoms with E-state index in [0.717, 1.165) is 10.1 Å². The van der Waals surface area contributed by atoms with Crippen molar-refractivity contribution < 1.29 is 8.42 Å². The molecule has 0 fully saturated rings. The summed E-state index contributed by atoms with van der Waals surface area (Å²) in [6.45, 7) is 1.13. The zero-order chi connectivity index (χ0) is 12.2. The average molecular weight is 264 g/mol. The van der Waals surface area contributed by atoms with Crippen molar-refractivity contribution in [1.82, 2.24) is 15.1 Å². The summed E-state index contributed by atoms with van der Waals surface area (Å²) in [4.78, 5) is 1.92. The van der Waals surface area contributed by atoms with Crippen LogP contribution < -0.4 is 5.32 Å². The highest BCUT2D eigenvalue weighted by atomic mass is 32.2. The van der Waals surface area contributed by atoms with Gasteiger partial charge in [-0.2, -0.15) is 0 Å². The van der Waals surface area contributed by atoms with Crippen LogP contribution >= 0.6 is 11.3 Å². The normalized spacial score (nSPS) is 12.0. The van der Waals surface area contributed by atoms with E-state index in [2.05, 4.69) is 15.5 Å². The maximum absolute atomic E-state index is 11.0. The van der Waals surface area contributed by atoms with E-state index in [9.17, 15) is 8.42 Å². The Kier molecular flexibility index (Phi) is 4.63. The van der Waals surface area contributed by atoms with Gasteiger partial charge in [-0.1, -0.05) is 11.3 Å². The summed E-state index contributed by atoms with van der Waals surface area (Å²) >= 11 is 1.47. The first-order valence-electron chi connectivity index (χ1n) is 4.77. The lowest BCUT2D eigenvalue weighted by atomic mass is 10.5. The lowest BCUT2D eigenvalue weighted by molar-refractivity contribution is 0.344. The molecular formula is C8H16N4O2S2. The van der Waals surface area contributed by atoms with E-state index in [-0.39, 0.29) is 5.75 Å². The first-order valence-corrected chi connectivity index (χ1v) is 7.65. The second-order valence-corrected chi connectivity index (χ2v) is 6.94. The molecule has 0 unspecified atom stereocenters. The standard InChI is InChI=1S/C8H16N4O2S2/c1-9-8-11-10-7(15-8)6-12(2)4-5-16(3,13)14/h4-6H2,1-3H3,(H,9,11). The van der Waals surface area contributed by atoms with Crippen LogP contribution in [0.25, 0.3) is 0 Å². The molecule has 0 aliphatic heterocycles. The number of anilines is 1. The Morgan fingerprint density at radius 2 is 2.12 bits per heavy atom. The fourth-order valence-electron chi connectivity index (χ4n) is 1.05. The minimum absolute atomic E-state index is 0.168. The van der Waals surface area contributed by atoms with Gasteiger partial charge in [0.25, 0.3) is 0 Å². The van der Waals surface area contributed by atoms with Crippen LogP contribution in [0.2, 0.25) is 0 Å². The first kappa shape index (κ1) is 13.3. The van der Waals surface area contributed by atoms with Crippen LogP contribution in [-0.4, -0.2) is 56.2 Å². The Morgan fingerprint density at radius 3 is 2.62 bits per heavy atom. The van der Waals surface area contributed by atoms with Crippen molar-refractivity contribution in [1.29, 1.82) is 0 Å². The molecule has 1 rings (SSSR count). The second-order valence-electron chi connectivity index (χ2n) is 3.62. The van der Waals surface area contributed by atoms with E-state index in [1.807, 2.05) is 11.9 Å². The summed E-state index contributed by atoms with van der Waals surface area (Å²) in [5.41, 5.74) is 0. The lowest BCUT2D eigenvalue weighted by Gasteiger charge is -2.13. The van der Waals surface area contributed by atoms with E-state index < -0.39 is 9.84 Å². The van der Waals surface area contributed by atoms with E-state index >= 15 is 0 Å². The van der Waals surface area contributed by atoms with Gasteiger partial charge in [0.2, 0.25) is 5.13 Å². The van der Waals surface area contributed by atoms with E-state index in [0.29, 0.717) is 13.1 Å². The predicted molar refractivity (Wildman–Crippen MR) is 65.5 cm³/mol. The maximum Gasteiger partial charge on any atom is 0.205 e. The Hall–Kier alpha value is -0.730. The van der Waals surface area contributed by atoms with Crippen molar-refractivity contribution in [2.45, 2.75) is 6.54 Å². The second kappa shape index (κ2) is 5.55. The molecule has 0 radical (unpaired) electrons. The molecule has 6 nitrogen and oxygen atoms in total. The number of rotatable bonds is 6. The van der Waals surface area contributed by atoms with Gasteiger partial charge in [0.05, 0.1) is 12.3 Å². The van der Waals surface area contributed by atoms with E-state index in [4.69, 9.17) is 0 Å². The maximum atomic E-state index is 11.0. The topological polar surface area (TPSA) is 75.2 Å². The molecule has 0 aromatic carbocycles. The summed E-state index contributed by atoms with van der Waals surface area (Å²) in [6.07, 6.45) is 1.24. The molecule has 0 amide bonds. The third-order valence-corrected chi connectivity index (χ3v) is 3.78. The number of nitrogens with one attached hydrogen (secondary N) is 1. The third kappa shape index (κ3) is 4.86. The highest BCUT2D eigenvalue weighted by Crippen LogP contribution is 2.15. The van der Waals surface area contributed by atoms with Crippen molar-refractivity contribution in [2.75, 3.05) is 38.0 Å². The quantitative estimate of drug-likeness (QED) is 0.783. The third-order valence-electron chi connectivity index (χ3n) is 1.93. The number of sulfone groups is 1. The molecule has 1 aromatic rings. The molecule has 8 heteroatoms. The zero-order valence-corrected chi connectivity index (χ0v) is 11.2. The van der Waals surface area contributed by atoms with Crippen LogP contribution in [0, 0.1) is 0 Å². The Labute approximate surface area is 99.6 Å². The Balaban J connectivity index is 2.42. The summed E-state index contributed by atoms with van der Waals surface area (Å²) in [7, 11) is 0.758. The van der Waals surface area contributed by atoms with Crippen LogP contribution in [0.4, 0.5) is 5.13 Å². The lowest BCUT2D eigenvalue weighted by Crippen LogP contribution is -2.24. The largest absolute Gasteiger partial charge is 0.363 e. The van der Waals surface area contributed by atoms with Crippen molar-refractivity contribution in [3.8, 4) is 0 Å². The molecule has 0 bridgehead atoms. The number of aromatic nitrogens is 2.